The molecule has 0 aromatic heterocycles. The van der Waals surface area contributed by atoms with Crippen molar-refractivity contribution in [3.8, 4) is 0 Å². The molecule has 0 atom stereocenters. The summed E-state index contributed by atoms with van der Waals surface area (Å²) in [5.74, 6) is 0.795. The van der Waals surface area contributed by atoms with E-state index in [2.05, 4.69) is 36.7 Å². The van der Waals surface area contributed by atoms with Crippen molar-refractivity contribution in [2.75, 3.05) is 33.4 Å². The van der Waals surface area contributed by atoms with Crippen molar-refractivity contribution in [3.63, 3.8) is 0 Å². The fourth-order valence-electron chi connectivity index (χ4n) is 3.06. The molecule has 0 aromatic rings. The van der Waals surface area contributed by atoms with Crippen LogP contribution in [0.25, 0.3) is 0 Å². The second-order valence-corrected chi connectivity index (χ2v) is 8.91. The maximum atomic E-state index is 12.3. The smallest absolute Gasteiger partial charge is 0.408 e. The van der Waals surface area contributed by atoms with Crippen molar-refractivity contribution < 1.29 is 14.3 Å². The van der Waals surface area contributed by atoms with Crippen LogP contribution in [0.15, 0.2) is 4.99 Å². The molecule has 0 saturated heterocycles. The normalized spacial score (nSPS) is 16.5. The van der Waals surface area contributed by atoms with Gasteiger partial charge in [-0.25, -0.2) is 4.79 Å². The van der Waals surface area contributed by atoms with E-state index in [1.165, 1.54) is 12.8 Å². The first-order valence-electron chi connectivity index (χ1n) is 10.7. The van der Waals surface area contributed by atoms with Crippen molar-refractivity contribution >= 4 is 12.1 Å². The molecule has 1 amide bonds. The topological polar surface area (TPSA) is 84.0 Å². The Morgan fingerprint density at radius 3 is 2.21 bits per heavy atom. The zero-order valence-corrected chi connectivity index (χ0v) is 19.0. The van der Waals surface area contributed by atoms with Gasteiger partial charge in [0.1, 0.15) is 5.60 Å². The third kappa shape index (κ3) is 8.67. The molecule has 0 aliphatic heterocycles. The van der Waals surface area contributed by atoms with Gasteiger partial charge in [-0.15, -0.1) is 0 Å². The lowest BCUT2D eigenvalue weighted by atomic mass is 9.93. The minimum atomic E-state index is -0.516. The van der Waals surface area contributed by atoms with Crippen molar-refractivity contribution in [2.45, 2.75) is 84.8 Å². The highest BCUT2D eigenvalue weighted by Gasteiger charge is 2.42. The molecule has 0 aromatic carbocycles. The number of carbonyl (C=O) groups is 1. The van der Waals surface area contributed by atoms with Crippen LogP contribution in [-0.2, 0) is 9.47 Å². The van der Waals surface area contributed by atoms with Crippen molar-refractivity contribution in [3.05, 3.63) is 0 Å². The molecule has 7 nitrogen and oxygen atoms in total. The molecule has 1 aliphatic rings. The Hall–Kier alpha value is -1.50. The lowest BCUT2D eigenvalue weighted by molar-refractivity contribution is 0.0452. The Bertz CT molecular complexity index is 506. The number of aliphatic imine (C=N–C) groups is 1. The van der Waals surface area contributed by atoms with Gasteiger partial charge in [0.05, 0.1) is 12.1 Å². The summed E-state index contributed by atoms with van der Waals surface area (Å²) < 4.78 is 10.7. The van der Waals surface area contributed by atoms with Crippen LogP contribution < -0.4 is 16.0 Å². The standard InChI is InChI=1S/C21H42N4O3/c1-8-21(9-2,25-18(26)28-19(4,5)6)16-24-17(22-10-3)23-15-20(11-12-20)13-14-27-7/h8-16H2,1-7H3,(H,25,26)(H2,22,23,24). The summed E-state index contributed by atoms with van der Waals surface area (Å²) >= 11 is 0. The molecule has 3 N–H and O–H groups in total. The van der Waals surface area contributed by atoms with Crippen LogP contribution in [0, 0.1) is 5.41 Å². The van der Waals surface area contributed by atoms with E-state index in [-0.39, 0.29) is 6.09 Å². The van der Waals surface area contributed by atoms with Crippen molar-refractivity contribution in [1.29, 1.82) is 0 Å². The Morgan fingerprint density at radius 2 is 1.75 bits per heavy atom. The van der Waals surface area contributed by atoms with Gasteiger partial charge in [-0.1, -0.05) is 13.8 Å². The summed E-state index contributed by atoms with van der Waals surface area (Å²) in [5.41, 5.74) is -0.594. The van der Waals surface area contributed by atoms with Gasteiger partial charge < -0.3 is 25.4 Å². The highest BCUT2D eigenvalue weighted by atomic mass is 16.6. The minimum absolute atomic E-state index is 0.341. The number of hydrogen-bond acceptors (Lipinski definition) is 4. The number of nitrogens with one attached hydrogen (secondary N) is 3. The van der Waals surface area contributed by atoms with Crippen LogP contribution in [0.1, 0.15) is 73.6 Å². The molecule has 7 heteroatoms. The quantitative estimate of drug-likeness (QED) is 0.367. The van der Waals surface area contributed by atoms with E-state index in [0.29, 0.717) is 12.0 Å². The summed E-state index contributed by atoms with van der Waals surface area (Å²) in [6.07, 6.45) is 4.71. The maximum Gasteiger partial charge on any atom is 0.408 e. The highest BCUT2D eigenvalue weighted by Crippen LogP contribution is 2.48. The van der Waals surface area contributed by atoms with E-state index in [9.17, 15) is 4.79 Å². The van der Waals surface area contributed by atoms with Gasteiger partial charge in [-0.05, 0) is 65.2 Å². The van der Waals surface area contributed by atoms with Crippen LogP contribution in [0.2, 0.25) is 0 Å². The number of methoxy groups -OCH3 is 1. The molecule has 0 spiro atoms. The second-order valence-electron chi connectivity index (χ2n) is 8.91. The van der Waals surface area contributed by atoms with Gasteiger partial charge in [0.15, 0.2) is 5.96 Å². The monoisotopic (exact) mass is 398 g/mol. The highest BCUT2D eigenvalue weighted by molar-refractivity contribution is 5.80. The molecule has 28 heavy (non-hydrogen) atoms. The molecular formula is C21H42N4O3. The Morgan fingerprint density at radius 1 is 1.11 bits per heavy atom. The van der Waals surface area contributed by atoms with Gasteiger partial charge in [0, 0.05) is 26.8 Å². The van der Waals surface area contributed by atoms with Crippen LogP contribution in [0.5, 0.6) is 0 Å². The molecule has 0 unspecified atom stereocenters. The zero-order chi connectivity index (χ0) is 21.3. The second kappa shape index (κ2) is 10.9. The van der Waals surface area contributed by atoms with E-state index in [4.69, 9.17) is 14.5 Å². The van der Waals surface area contributed by atoms with E-state index in [1.807, 2.05) is 20.8 Å². The predicted molar refractivity (Wildman–Crippen MR) is 115 cm³/mol. The van der Waals surface area contributed by atoms with E-state index < -0.39 is 11.1 Å². The number of nitrogens with zero attached hydrogens (tertiary/aromatic N) is 1. The molecule has 0 radical (unpaired) electrons. The van der Waals surface area contributed by atoms with Gasteiger partial charge in [-0.2, -0.15) is 0 Å². The van der Waals surface area contributed by atoms with Crippen molar-refractivity contribution in [2.24, 2.45) is 10.4 Å². The third-order valence-electron chi connectivity index (χ3n) is 5.43. The minimum Gasteiger partial charge on any atom is -0.444 e. The van der Waals surface area contributed by atoms with Gasteiger partial charge in [0.2, 0.25) is 0 Å². The van der Waals surface area contributed by atoms with Gasteiger partial charge in [-0.3, -0.25) is 4.99 Å². The maximum absolute atomic E-state index is 12.3. The fourth-order valence-corrected chi connectivity index (χ4v) is 3.06. The molecule has 0 heterocycles. The first-order chi connectivity index (χ1) is 13.1. The average molecular weight is 399 g/mol. The fraction of sp³-hybridized carbons (Fsp3) is 0.905. The molecule has 1 fully saturated rings. The Balaban J connectivity index is 2.72. The lowest BCUT2D eigenvalue weighted by Crippen LogP contribution is -2.52. The molecule has 1 saturated carbocycles. The number of guanidine groups is 1. The van der Waals surface area contributed by atoms with E-state index in [0.717, 1.165) is 44.9 Å². The summed E-state index contributed by atoms with van der Waals surface area (Å²) in [5, 5.41) is 9.86. The molecule has 1 rings (SSSR count). The zero-order valence-electron chi connectivity index (χ0n) is 19.0. The lowest BCUT2D eigenvalue weighted by Gasteiger charge is -2.33. The number of alkyl carbamates (subject to hydrolysis) is 1. The van der Waals surface area contributed by atoms with Gasteiger partial charge >= 0.3 is 6.09 Å². The summed E-state index contributed by atoms with van der Waals surface area (Å²) in [4.78, 5) is 17.1. The van der Waals surface area contributed by atoms with E-state index >= 15 is 0 Å². The number of carbonyl (C=O) groups excluding carboxylic acids is 1. The number of amides is 1. The first-order valence-corrected chi connectivity index (χ1v) is 10.7. The summed E-state index contributed by atoms with van der Waals surface area (Å²) in [7, 11) is 1.75. The van der Waals surface area contributed by atoms with Crippen LogP contribution in [0.4, 0.5) is 4.79 Å². The number of hydrogen-bond donors (Lipinski definition) is 3. The Labute approximate surface area is 171 Å². The largest absolute Gasteiger partial charge is 0.444 e. The van der Waals surface area contributed by atoms with Crippen LogP contribution >= 0.6 is 0 Å². The molecule has 164 valence electrons. The molecule has 0 bridgehead atoms. The van der Waals surface area contributed by atoms with Gasteiger partial charge in [0.25, 0.3) is 0 Å². The summed E-state index contributed by atoms with van der Waals surface area (Å²) in [6.45, 7) is 14.8. The third-order valence-corrected chi connectivity index (χ3v) is 5.43. The number of rotatable bonds is 11. The van der Waals surface area contributed by atoms with Crippen LogP contribution in [-0.4, -0.2) is 56.5 Å². The van der Waals surface area contributed by atoms with Crippen LogP contribution in [0.3, 0.4) is 0 Å². The molecular weight excluding hydrogens is 356 g/mol. The Kier molecular flexibility index (Phi) is 9.54. The van der Waals surface area contributed by atoms with Crippen molar-refractivity contribution in [1.82, 2.24) is 16.0 Å². The SMILES string of the molecule is CCNC(=NCC(CC)(CC)NC(=O)OC(C)(C)C)NCC1(CCOC)CC1. The average Bonchev–Trinajstić information content (AvgIpc) is 3.40. The summed E-state index contributed by atoms with van der Waals surface area (Å²) in [6, 6.07) is 0. The predicted octanol–water partition coefficient (Wildman–Crippen LogP) is 3.44. The molecule has 1 aliphatic carbocycles. The number of ether oxygens (including phenoxy) is 2. The van der Waals surface area contributed by atoms with E-state index in [1.54, 1.807) is 7.11 Å². The first kappa shape index (κ1) is 24.5.